The molecular formula is C17H23I3N4O11. The summed E-state index contributed by atoms with van der Waals surface area (Å²) in [4.78, 5) is 53.9. The number of rotatable bonds is 9. The monoisotopic (exact) mass is 840 g/mol. The Labute approximate surface area is 238 Å². The largest absolute Gasteiger partial charge is 0.478 e. The number of aliphatic hydroxyl groups is 4. The smallest absolute Gasteiger partial charge is 0.337 e. The summed E-state index contributed by atoms with van der Waals surface area (Å²) in [6, 6.07) is 0. The van der Waals surface area contributed by atoms with Gasteiger partial charge < -0.3 is 53.2 Å². The third kappa shape index (κ3) is 12.4. The van der Waals surface area contributed by atoms with Crippen molar-refractivity contribution in [1.29, 1.82) is 0 Å². The molecule has 1 aromatic rings. The first-order valence-electron chi connectivity index (χ1n) is 8.92. The molecule has 0 saturated carbocycles. The molecule has 1 rings (SSSR count). The maximum atomic E-state index is 11.7. The molecular weight excluding hydrogens is 817 g/mol. The summed E-state index contributed by atoms with van der Waals surface area (Å²) in [7, 11) is 0. The van der Waals surface area contributed by atoms with Gasteiger partial charge in [0, 0.05) is 16.5 Å². The van der Waals surface area contributed by atoms with Gasteiger partial charge in [0.05, 0.1) is 37.2 Å². The Morgan fingerprint density at radius 1 is 0.771 bits per heavy atom. The Bertz CT molecular complexity index is 885. The van der Waals surface area contributed by atoms with E-state index in [1.807, 2.05) is 0 Å². The second-order valence-electron chi connectivity index (χ2n) is 5.97. The van der Waals surface area contributed by atoms with Crippen molar-refractivity contribution in [2.45, 2.75) is 18.6 Å². The van der Waals surface area contributed by atoms with E-state index in [1.54, 1.807) is 67.8 Å². The van der Waals surface area contributed by atoms with E-state index in [2.05, 4.69) is 16.8 Å². The lowest BCUT2D eigenvalue weighted by molar-refractivity contribution is -0.128. The van der Waals surface area contributed by atoms with Crippen LogP contribution in [0.5, 0.6) is 0 Å². The highest BCUT2D eigenvalue weighted by Gasteiger charge is 2.28. The molecule has 18 heteroatoms. The minimum absolute atomic E-state index is 0.0585. The number of halogens is 3. The Balaban J connectivity index is 0. The first-order chi connectivity index (χ1) is 16.1. The molecule has 2 unspecified atom stereocenters. The summed E-state index contributed by atoms with van der Waals surface area (Å²) in [6.45, 7) is -1.06. The van der Waals surface area contributed by atoms with Crippen LogP contribution in [0.3, 0.4) is 0 Å². The molecule has 0 radical (unpaired) electrons. The van der Waals surface area contributed by atoms with E-state index in [1.165, 1.54) is 0 Å². The van der Waals surface area contributed by atoms with Crippen LogP contribution in [0.2, 0.25) is 0 Å². The van der Waals surface area contributed by atoms with Crippen molar-refractivity contribution in [2.24, 2.45) is 17.2 Å². The van der Waals surface area contributed by atoms with Gasteiger partial charge in [0.25, 0.3) is 0 Å². The van der Waals surface area contributed by atoms with E-state index >= 15 is 0 Å². The Hall–Kier alpha value is -1.44. The molecule has 198 valence electrons. The molecule has 0 aliphatic heterocycles. The van der Waals surface area contributed by atoms with Gasteiger partial charge in [0.2, 0.25) is 17.7 Å². The van der Waals surface area contributed by atoms with Crippen molar-refractivity contribution in [3.63, 3.8) is 0 Å². The molecule has 0 heterocycles. The second kappa shape index (κ2) is 17.9. The van der Waals surface area contributed by atoms with Gasteiger partial charge in [-0.1, -0.05) is 0 Å². The molecule has 0 aliphatic carbocycles. The summed E-state index contributed by atoms with van der Waals surface area (Å²) >= 11 is 5.25. The van der Waals surface area contributed by atoms with Crippen LogP contribution >= 0.6 is 67.8 Å². The molecule has 0 fully saturated rings. The molecule has 2 atom stereocenters. The number of benzene rings is 1. The first-order valence-corrected chi connectivity index (χ1v) is 12.2. The zero-order chi connectivity index (χ0) is 28.0. The lowest BCUT2D eigenvalue weighted by Crippen LogP contribution is -2.30. The maximum Gasteiger partial charge on any atom is 0.337 e. The summed E-state index contributed by atoms with van der Waals surface area (Å²) in [6.07, 6.45) is -2.75. The zero-order valence-electron chi connectivity index (χ0n) is 17.6. The van der Waals surface area contributed by atoms with Gasteiger partial charge in [-0.05, 0) is 67.8 Å². The number of carbonyl (C=O) groups is 5. The minimum Gasteiger partial charge on any atom is -0.478 e. The van der Waals surface area contributed by atoms with E-state index in [9.17, 15) is 34.2 Å². The lowest BCUT2D eigenvalue weighted by atomic mass is 10.1. The fourth-order valence-electron chi connectivity index (χ4n) is 1.66. The molecule has 0 aliphatic rings. The van der Waals surface area contributed by atoms with Crippen molar-refractivity contribution in [3.8, 4) is 0 Å². The molecule has 0 aromatic heterocycles. The van der Waals surface area contributed by atoms with Gasteiger partial charge in [-0.2, -0.15) is 0 Å². The van der Waals surface area contributed by atoms with Crippen LogP contribution in [-0.4, -0.2) is 92.3 Å². The number of carboxylic acid groups (broad SMARTS) is 2. The molecule has 13 N–H and O–H groups in total. The van der Waals surface area contributed by atoms with E-state index in [-0.39, 0.29) is 40.5 Å². The number of amides is 3. The van der Waals surface area contributed by atoms with Crippen molar-refractivity contribution >= 4 is 103 Å². The van der Waals surface area contributed by atoms with Crippen molar-refractivity contribution in [2.75, 3.05) is 25.1 Å². The molecule has 3 amide bonds. The molecule has 0 saturated heterocycles. The predicted octanol–water partition coefficient (Wildman–Crippen LogP) is -2.17. The number of carbonyl (C=O) groups excluding carboxylic acids is 3. The predicted molar refractivity (Wildman–Crippen MR) is 145 cm³/mol. The fourth-order valence-corrected chi connectivity index (χ4v) is 6.02. The number of nitrogens with one attached hydrogen (secondary N) is 1. The van der Waals surface area contributed by atoms with Crippen LogP contribution in [-0.2, 0) is 14.4 Å². The van der Waals surface area contributed by atoms with Gasteiger partial charge in [-0.3, -0.25) is 14.4 Å². The normalized spacial score (nSPS) is 11.5. The van der Waals surface area contributed by atoms with Crippen LogP contribution in [0.1, 0.15) is 27.1 Å². The van der Waals surface area contributed by atoms with Gasteiger partial charge in [-0.25, -0.2) is 9.59 Å². The number of aromatic carboxylic acids is 2. The summed E-state index contributed by atoms with van der Waals surface area (Å²) in [5.74, 6) is -4.71. The second-order valence-corrected chi connectivity index (χ2v) is 9.20. The highest BCUT2D eigenvalue weighted by molar-refractivity contribution is 14.1. The Kier molecular flexibility index (Phi) is 18.3. The minimum atomic E-state index is -1.40. The van der Waals surface area contributed by atoms with Crippen LogP contribution in [0, 0.1) is 10.7 Å². The molecule has 15 nitrogen and oxygen atoms in total. The molecule has 0 bridgehead atoms. The number of hydrogen-bond donors (Lipinski definition) is 10. The third-order valence-electron chi connectivity index (χ3n) is 3.38. The molecule has 0 spiro atoms. The number of anilines is 1. The van der Waals surface area contributed by atoms with Crippen LogP contribution in [0.25, 0.3) is 0 Å². The van der Waals surface area contributed by atoms with E-state index < -0.39 is 55.1 Å². The van der Waals surface area contributed by atoms with E-state index in [0.717, 1.165) is 0 Å². The number of nitrogens with two attached hydrogens (primary N) is 3. The van der Waals surface area contributed by atoms with Crippen molar-refractivity contribution in [1.82, 2.24) is 0 Å². The van der Waals surface area contributed by atoms with E-state index in [0.29, 0.717) is 0 Å². The van der Waals surface area contributed by atoms with Crippen LogP contribution in [0.15, 0.2) is 0 Å². The standard InChI is InChI=1S/C11H9I3N2O5.2C3H7NO3/c12-6-4(10(18)19)7(13)9(16-3(17)1-2-15)8(14)5(6)11(20)21;2*4-3(7)2(6)1-5/h1-2,15H2,(H,16,17)(H,18,19)(H,20,21);2*2,5-6H,1H2,(H2,4,7). The Morgan fingerprint density at radius 3 is 1.31 bits per heavy atom. The number of aliphatic hydroxyl groups excluding tert-OH is 4. The lowest BCUT2D eigenvalue weighted by Gasteiger charge is -2.16. The topological polar surface area (TPSA) is 297 Å². The SMILES string of the molecule is NC(=O)C(O)CO.NC(=O)C(O)CO.NCCC(=O)Nc1c(I)c(C(=O)O)c(I)c(C(=O)O)c1I. The average Bonchev–Trinajstić information content (AvgIpc) is 2.75. The molecule has 1 aromatic carbocycles. The van der Waals surface area contributed by atoms with Gasteiger partial charge in [0.15, 0.2) is 12.2 Å². The highest BCUT2D eigenvalue weighted by Crippen LogP contribution is 2.35. The van der Waals surface area contributed by atoms with Crippen LogP contribution in [0.4, 0.5) is 5.69 Å². The Morgan fingerprint density at radius 2 is 1.11 bits per heavy atom. The molecule has 35 heavy (non-hydrogen) atoms. The fraction of sp³-hybridized carbons (Fsp3) is 0.353. The summed E-state index contributed by atoms with van der Waals surface area (Å²) in [5, 5.41) is 53.4. The maximum absolute atomic E-state index is 11.7. The highest BCUT2D eigenvalue weighted by atomic mass is 127. The third-order valence-corrected chi connectivity index (χ3v) is 6.62. The van der Waals surface area contributed by atoms with E-state index in [4.69, 9.17) is 26.2 Å². The average molecular weight is 840 g/mol. The van der Waals surface area contributed by atoms with Crippen LogP contribution < -0.4 is 22.5 Å². The summed E-state index contributed by atoms with van der Waals surface area (Å²) < 4.78 is 0.687. The van der Waals surface area contributed by atoms with Gasteiger partial charge in [-0.15, -0.1) is 0 Å². The first kappa shape index (κ1) is 35.7. The van der Waals surface area contributed by atoms with Gasteiger partial charge >= 0.3 is 11.9 Å². The number of primary amides is 2. The van der Waals surface area contributed by atoms with Crippen molar-refractivity contribution in [3.05, 3.63) is 21.8 Å². The number of hydrogen-bond acceptors (Lipinski definition) is 10. The zero-order valence-corrected chi connectivity index (χ0v) is 24.0. The quantitative estimate of drug-likeness (QED) is 0.119. The summed E-state index contributed by atoms with van der Waals surface area (Å²) in [5.41, 5.74) is 14.2. The number of carboxylic acids is 2. The van der Waals surface area contributed by atoms with Crippen molar-refractivity contribution < 1.29 is 54.6 Å². The van der Waals surface area contributed by atoms with Gasteiger partial charge in [0.1, 0.15) is 0 Å².